The number of ketones is 1. The van der Waals surface area contributed by atoms with Crippen LogP contribution in [0.25, 0.3) is 0 Å². The zero-order chi connectivity index (χ0) is 20.5. The van der Waals surface area contributed by atoms with E-state index in [0.717, 1.165) is 16.4 Å². The van der Waals surface area contributed by atoms with E-state index in [2.05, 4.69) is 104 Å². The van der Waals surface area contributed by atoms with Crippen LogP contribution in [0.3, 0.4) is 0 Å². The Morgan fingerprint density at radius 3 is 1.48 bits per heavy atom. The van der Waals surface area contributed by atoms with Crippen molar-refractivity contribution in [3.63, 3.8) is 0 Å². The van der Waals surface area contributed by atoms with Gasteiger partial charge < -0.3 is 0 Å². The molecule has 0 unspecified atom stereocenters. The molecule has 0 saturated carbocycles. The zero-order valence-electron chi connectivity index (χ0n) is 17.5. The first-order valence-electron chi connectivity index (χ1n) is 10.6. The summed E-state index contributed by atoms with van der Waals surface area (Å²) in [5.74, 6) is 0.217. The van der Waals surface area contributed by atoms with Gasteiger partial charge in [0.15, 0.2) is 0 Å². The monoisotopic (exact) mass is 490 g/mol. The predicted octanol–water partition coefficient (Wildman–Crippen LogP) is 4.79. The number of carbonyl (C=O) groups excluding carboxylic acids is 1. The van der Waals surface area contributed by atoms with Gasteiger partial charge in [0, 0.05) is 0 Å². The normalized spacial score (nSPS) is 12.0. The van der Waals surface area contributed by atoms with Gasteiger partial charge in [0.1, 0.15) is 0 Å². The number of hydrogen-bond donors (Lipinski definition) is 0. The summed E-state index contributed by atoms with van der Waals surface area (Å²) in [6.07, 6.45) is 6.77. The molecule has 0 saturated heterocycles. The molecule has 0 fully saturated rings. The van der Waals surface area contributed by atoms with Crippen molar-refractivity contribution in [1.29, 1.82) is 0 Å². The topological polar surface area (TPSA) is 17.1 Å². The van der Waals surface area contributed by atoms with Crippen molar-refractivity contribution in [3.05, 3.63) is 101 Å². The Kier molecular flexibility index (Phi) is 7.88. The maximum absolute atomic E-state index is 13.2. The summed E-state index contributed by atoms with van der Waals surface area (Å²) in [7, 11) is 0. The molecule has 0 heterocycles. The van der Waals surface area contributed by atoms with Gasteiger partial charge in [-0.05, 0) is 0 Å². The van der Waals surface area contributed by atoms with Gasteiger partial charge in [0.05, 0.1) is 0 Å². The van der Waals surface area contributed by atoms with Crippen molar-refractivity contribution in [1.82, 2.24) is 0 Å². The van der Waals surface area contributed by atoms with Gasteiger partial charge in [-0.1, -0.05) is 0 Å². The second kappa shape index (κ2) is 10.6. The number of benzene rings is 3. The average Bonchev–Trinajstić information content (AvgIpc) is 2.78. The first kappa shape index (κ1) is 21.6. The predicted molar refractivity (Wildman–Crippen MR) is 127 cm³/mol. The molecule has 1 nitrogen and oxygen atoms in total. The molecule has 0 spiro atoms. The number of allylic oxidation sites excluding steroid dienone is 2. The van der Waals surface area contributed by atoms with Crippen molar-refractivity contribution in [2.24, 2.45) is 0 Å². The van der Waals surface area contributed by atoms with Gasteiger partial charge in [-0.2, -0.15) is 0 Å². The molecular formula is C27H30OSn. The van der Waals surface area contributed by atoms with E-state index in [4.69, 9.17) is 0 Å². The van der Waals surface area contributed by atoms with Crippen LogP contribution in [0, 0.1) is 0 Å². The van der Waals surface area contributed by atoms with E-state index in [1.54, 1.807) is 6.92 Å². The maximum atomic E-state index is 13.2. The molecule has 0 aliphatic rings. The second-order valence-electron chi connectivity index (χ2n) is 7.52. The summed E-state index contributed by atoms with van der Waals surface area (Å²) < 4.78 is 5.06. The molecule has 0 aliphatic carbocycles. The Hall–Kier alpha value is -2.13. The number of unbranched alkanes of at least 4 members (excludes halogenated alkanes) is 3. The van der Waals surface area contributed by atoms with Gasteiger partial charge in [-0.3, -0.25) is 0 Å². The quantitative estimate of drug-likeness (QED) is 0.240. The molecule has 29 heavy (non-hydrogen) atoms. The molecule has 148 valence electrons. The number of rotatable bonds is 9. The first-order valence-corrected chi connectivity index (χ1v) is 16.3. The molecule has 0 amide bonds. The summed E-state index contributed by atoms with van der Waals surface area (Å²) in [6, 6.07) is 32.3. The van der Waals surface area contributed by atoms with E-state index in [-0.39, 0.29) is 5.78 Å². The Labute approximate surface area is 179 Å². The standard InChI is InChI=1S/C9H15O.3C6H5.Sn/c1-3-4-5-6-7-8-9(2)10;3*1-2-4-6-5-3-1;/h7H,3-6H2,1-2H3;3*1-5H;. The summed E-state index contributed by atoms with van der Waals surface area (Å²) >= 11 is -3.71. The molecule has 0 aliphatic heterocycles. The van der Waals surface area contributed by atoms with Gasteiger partial charge in [-0.15, -0.1) is 0 Å². The number of Topliss-reactive ketones (excluding diaryl/α,β-unsaturated/α-hetero) is 1. The van der Waals surface area contributed by atoms with Gasteiger partial charge in [-0.25, -0.2) is 0 Å². The average molecular weight is 489 g/mol. The summed E-state index contributed by atoms with van der Waals surface area (Å²) in [5, 5.41) is 0. The third kappa shape index (κ3) is 4.72. The Morgan fingerprint density at radius 1 is 0.724 bits per heavy atom. The van der Waals surface area contributed by atoms with Gasteiger partial charge in [0.2, 0.25) is 0 Å². The van der Waals surface area contributed by atoms with Crippen LogP contribution in [-0.4, -0.2) is 24.2 Å². The Balaban J connectivity index is 2.34. The summed E-state index contributed by atoms with van der Waals surface area (Å²) in [4.78, 5) is 13.2. The number of carbonyl (C=O) groups is 1. The van der Waals surface area contributed by atoms with Crippen LogP contribution in [0.1, 0.15) is 39.5 Å². The SMILES string of the molecule is CCCCC/C=[C](/C(C)=O)[Sn]([c]1ccccc1)([c]1ccccc1)[c]1ccccc1. The van der Waals surface area contributed by atoms with Crippen LogP contribution in [0.5, 0.6) is 0 Å². The fourth-order valence-electron chi connectivity index (χ4n) is 4.23. The van der Waals surface area contributed by atoms with E-state index in [9.17, 15) is 4.79 Å². The van der Waals surface area contributed by atoms with Crippen LogP contribution in [0.4, 0.5) is 0 Å². The molecular weight excluding hydrogens is 459 g/mol. The third-order valence-electron chi connectivity index (χ3n) is 5.56. The van der Waals surface area contributed by atoms with Crippen molar-refractivity contribution >= 4 is 34.9 Å². The summed E-state index contributed by atoms with van der Waals surface area (Å²) in [5.41, 5.74) is 0. The molecule has 0 bridgehead atoms. The fourth-order valence-corrected chi connectivity index (χ4v) is 18.5. The van der Waals surface area contributed by atoms with Crippen LogP contribution in [0.2, 0.25) is 0 Å². The van der Waals surface area contributed by atoms with Crippen LogP contribution in [0.15, 0.2) is 101 Å². The minimum absolute atomic E-state index is 0.217. The molecule has 0 aromatic heterocycles. The molecule has 3 aromatic rings. The van der Waals surface area contributed by atoms with Crippen LogP contribution in [-0.2, 0) is 4.79 Å². The van der Waals surface area contributed by atoms with Gasteiger partial charge in [0.25, 0.3) is 0 Å². The van der Waals surface area contributed by atoms with Crippen molar-refractivity contribution in [2.75, 3.05) is 0 Å². The van der Waals surface area contributed by atoms with Crippen LogP contribution >= 0.6 is 0 Å². The van der Waals surface area contributed by atoms with E-state index >= 15 is 0 Å². The molecule has 0 radical (unpaired) electrons. The minimum atomic E-state index is -3.71. The van der Waals surface area contributed by atoms with Crippen molar-refractivity contribution < 1.29 is 4.79 Å². The fraction of sp³-hybridized carbons (Fsp3) is 0.222. The van der Waals surface area contributed by atoms with E-state index in [1.807, 2.05) is 0 Å². The zero-order valence-corrected chi connectivity index (χ0v) is 20.3. The van der Waals surface area contributed by atoms with Crippen LogP contribution < -0.4 is 10.7 Å². The third-order valence-corrected chi connectivity index (χ3v) is 19.7. The van der Waals surface area contributed by atoms with Crippen molar-refractivity contribution in [3.8, 4) is 0 Å². The molecule has 3 aromatic carbocycles. The van der Waals surface area contributed by atoms with E-state index in [0.29, 0.717) is 0 Å². The molecule has 3 rings (SSSR count). The van der Waals surface area contributed by atoms with Crippen molar-refractivity contribution in [2.45, 2.75) is 39.5 Å². The molecule has 2 heteroatoms. The Morgan fingerprint density at radius 2 is 1.14 bits per heavy atom. The Bertz CT molecular complexity index is 833. The van der Waals surface area contributed by atoms with E-state index < -0.39 is 18.4 Å². The van der Waals surface area contributed by atoms with E-state index in [1.165, 1.54) is 23.6 Å². The first-order chi connectivity index (χ1) is 14.2. The second-order valence-corrected chi connectivity index (χ2v) is 18.3. The molecule has 0 N–H and O–H groups in total. The summed E-state index contributed by atoms with van der Waals surface area (Å²) in [6.45, 7) is 3.98. The van der Waals surface area contributed by atoms with Gasteiger partial charge >= 0.3 is 180 Å². The number of hydrogen-bond acceptors (Lipinski definition) is 1. The molecule has 0 atom stereocenters.